The van der Waals surface area contributed by atoms with Crippen molar-refractivity contribution in [2.24, 2.45) is 0 Å². The second-order valence-corrected chi connectivity index (χ2v) is 8.96. The number of hydrogen-bond acceptors (Lipinski definition) is 9. The SMILES string of the molecule is CO[C@@H]1C[C@@H](O[C@@H]2C[C@@H](O)[C@H](OC(=O)c3ccccc3)[C@@H](C)O2)[C@H](OC(=O)c2ccccc2)[C@@H](C)O1. The van der Waals surface area contributed by atoms with E-state index in [9.17, 15) is 14.7 Å². The van der Waals surface area contributed by atoms with Crippen LogP contribution in [0.4, 0.5) is 0 Å². The number of aliphatic hydroxyl groups is 1. The zero-order chi connectivity index (χ0) is 25.7. The molecule has 2 aromatic carbocycles. The second-order valence-electron chi connectivity index (χ2n) is 8.96. The second kappa shape index (κ2) is 11.9. The lowest BCUT2D eigenvalue weighted by atomic mass is 10.00. The Morgan fingerprint density at radius 1 is 0.778 bits per heavy atom. The van der Waals surface area contributed by atoms with Crippen molar-refractivity contribution >= 4 is 11.9 Å². The number of benzene rings is 2. The fraction of sp³-hybridized carbons (Fsp3) is 0.481. The number of esters is 2. The Bertz CT molecular complexity index is 987. The summed E-state index contributed by atoms with van der Waals surface area (Å²) in [6.07, 6.45) is -5.34. The summed E-state index contributed by atoms with van der Waals surface area (Å²) in [7, 11) is 1.53. The maximum Gasteiger partial charge on any atom is 0.338 e. The van der Waals surface area contributed by atoms with Crippen molar-refractivity contribution in [2.45, 2.75) is 75.9 Å². The van der Waals surface area contributed by atoms with Gasteiger partial charge in [0, 0.05) is 20.0 Å². The van der Waals surface area contributed by atoms with E-state index in [1.165, 1.54) is 7.11 Å². The Hall–Kier alpha value is -2.82. The summed E-state index contributed by atoms with van der Waals surface area (Å²) < 4.78 is 34.7. The molecular formula is C27H32O9. The minimum Gasteiger partial charge on any atom is -0.453 e. The van der Waals surface area contributed by atoms with Crippen molar-refractivity contribution in [3.63, 3.8) is 0 Å². The molecule has 0 bridgehead atoms. The molecular weight excluding hydrogens is 468 g/mol. The Morgan fingerprint density at radius 3 is 1.81 bits per heavy atom. The highest BCUT2D eigenvalue weighted by atomic mass is 16.7. The van der Waals surface area contributed by atoms with E-state index in [-0.39, 0.29) is 6.42 Å². The number of rotatable bonds is 7. The summed E-state index contributed by atoms with van der Waals surface area (Å²) in [5.74, 6) is -1.03. The Balaban J connectivity index is 1.41. The molecule has 8 atom stereocenters. The van der Waals surface area contributed by atoms with Crippen molar-refractivity contribution in [3.05, 3.63) is 71.8 Å². The molecule has 0 spiro atoms. The van der Waals surface area contributed by atoms with Gasteiger partial charge in [0.15, 0.2) is 24.8 Å². The van der Waals surface area contributed by atoms with Crippen molar-refractivity contribution < 1.29 is 43.1 Å². The van der Waals surface area contributed by atoms with Gasteiger partial charge in [-0.1, -0.05) is 36.4 Å². The first-order valence-corrected chi connectivity index (χ1v) is 12.0. The van der Waals surface area contributed by atoms with Gasteiger partial charge in [0.1, 0.15) is 6.10 Å². The van der Waals surface area contributed by atoms with E-state index < -0.39 is 61.1 Å². The number of methoxy groups -OCH3 is 1. The first kappa shape index (κ1) is 26.2. The maximum atomic E-state index is 12.7. The van der Waals surface area contributed by atoms with Gasteiger partial charge in [0.2, 0.25) is 0 Å². The molecule has 2 saturated heterocycles. The highest BCUT2D eigenvalue weighted by Gasteiger charge is 2.45. The normalized spacial score (nSPS) is 32.4. The van der Waals surface area contributed by atoms with Gasteiger partial charge < -0.3 is 33.5 Å². The summed E-state index contributed by atoms with van der Waals surface area (Å²) in [6, 6.07) is 17.2. The van der Waals surface area contributed by atoms with Crippen LogP contribution in [-0.4, -0.2) is 73.4 Å². The minimum atomic E-state index is -1.01. The molecule has 0 aliphatic carbocycles. The third-order valence-electron chi connectivity index (χ3n) is 6.36. The molecule has 0 radical (unpaired) electrons. The predicted molar refractivity (Wildman–Crippen MR) is 127 cm³/mol. The average Bonchev–Trinajstić information content (AvgIpc) is 2.88. The van der Waals surface area contributed by atoms with Crippen LogP contribution in [0.2, 0.25) is 0 Å². The molecule has 2 aromatic rings. The smallest absolute Gasteiger partial charge is 0.338 e. The lowest BCUT2D eigenvalue weighted by molar-refractivity contribution is -0.302. The number of carbonyl (C=O) groups is 2. The molecule has 0 saturated carbocycles. The zero-order valence-electron chi connectivity index (χ0n) is 20.5. The topological polar surface area (TPSA) is 110 Å². The van der Waals surface area contributed by atoms with Crippen LogP contribution in [-0.2, 0) is 28.4 Å². The highest BCUT2D eigenvalue weighted by molar-refractivity contribution is 5.90. The van der Waals surface area contributed by atoms with Crippen molar-refractivity contribution in [1.82, 2.24) is 0 Å². The van der Waals surface area contributed by atoms with Crippen molar-refractivity contribution in [1.29, 1.82) is 0 Å². The number of ether oxygens (including phenoxy) is 6. The Labute approximate surface area is 210 Å². The lowest BCUT2D eigenvalue weighted by Crippen LogP contribution is -2.55. The van der Waals surface area contributed by atoms with E-state index in [1.807, 2.05) is 6.07 Å². The molecule has 2 heterocycles. The molecule has 9 heteroatoms. The number of hydrogen-bond donors (Lipinski definition) is 1. The maximum absolute atomic E-state index is 12.7. The summed E-state index contributed by atoms with van der Waals surface area (Å²) in [5.41, 5.74) is 0.804. The fourth-order valence-corrected chi connectivity index (χ4v) is 4.46. The fourth-order valence-electron chi connectivity index (χ4n) is 4.46. The third-order valence-corrected chi connectivity index (χ3v) is 6.36. The minimum absolute atomic E-state index is 0.0693. The molecule has 0 amide bonds. The van der Waals surface area contributed by atoms with Gasteiger partial charge in [-0.3, -0.25) is 0 Å². The summed E-state index contributed by atoms with van der Waals surface area (Å²) in [4.78, 5) is 25.2. The monoisotopic (exact) mass is 500 g/mol. The van der Waals surface area contributed by atoms with Gasteiger partial charge in [-0.2, -0.15) is 0 Å². The zero-order valence-corrected chi connectivity index (χ0v) is 20.5. The van der Waals surface area contributed by atoms with Crippen LogP contribution in [0.3, 0.4) is 0 Å². The molecule has 194 valence electrons. The van der Waals surface area contributed by atoms with Crippen LogP contribution >= 0.6 is 0 Å². The Kier molecular flexibility index (Phi) is 8.71. The van der Waals surface area contributed by atoms with Gasteiger partial charge in [-0.05, 0) is 38.1 Å². The van der Waals surface area contributed by atoms with Crippen LogP contribution in [0.25, 0.3) is 0 Å². The van der Waals surface area contributed by atoms with Crippen LogP contribution in [0.1, 0.15) is 47.4 Å². The van der Waals surface area contributed by atoms with E-state index in [4.69, 9.17) is 28.4 Å². The average molecular weight is 501 g/mol. The quantitative estimate of drug-likeness (QED) is 0.574. The molecule has 2 aliphatic heterocycles. The molecule has 9 nitrogen and oxygen atoms in total. The molecule has 2 fully saturated rings. The summed E-state index contributed by atoms with van der Waals surface area (Å²) in [6.45, 7) is 3.49. The Morgan fingerprint density at radius 2 is 1.28 bits per heavy atom. The van der Waals surface area contributed by atoms with Crippen molar-refractivity contribution in [3.8, 4) is 0 Å². The van der Waals surface area contributed by atoms with Crippen LogP contribution in [0.15, 0.2) is 60.7 Å². The van der Waals surface area contributed by atoms with Crippen molar-refractivity contribution in [2.75, 3.05) is 7.11 Å². The molecule has 1 N–H and O–H groups in total. The van der Waals surface area contributed by atoms with Gasteiger partial charge >= 0.3 is 11.9 Å². The van der Waals surface area contributed by atoms with E-state index in [2.05, 4.69) is 0 Å². The summed E-state index contributed by atoms with van der Waals surface area (Å²) >= 11 is 0. The van der Waals surface area contributed by atoms with Gasteiger partial charge in [0.05, 0.1) is 29.4 Å². The molecule has 4 rings (SSSR count). The van der Waals surface area contributed by atoms with Crippen LogP contribution in [0, 0.1) is 0 Å². The van der Waals surface area contributed by atoms with E-state index in [0.29, 0.717) is 17.5 Å². The van der Waals surface area contributed by atoms with E-state index >= 15 is 0 Å². The van der Waals surface area contributed by atoms with Crippen LogP contribution < -0.4 is 0 Å². The first-order valence-electron chi connectivity index (χ1n) is 12.0. The molecule has 0 aromatic heterocycles. The van der Waals surface area contributed by atoms with Gasteiger partial charge in [0.25, 0.3) is 0 Å². The molecule has 36 heavy (non-hydrogen) atoms. The number of carbonyl (C=O) groups excluding carboxylic acids is 2. The predicted octanol–water partition coefficient (Wildman–Crippen LogP) is 3.10. The van der Waals surface area contributed by atoms with Gasteiger partial charge in [-0.25, -0.2) is 9.59 Å². The van der Waals surface area contributed by atoms with E-state index in [0.717, 1.165) is 0 Å². The molecule has 0 unspecified atom stereocenters. The van der Waals surface area contributed by atoms with Crippen LogP contribution in [0.5, 0.6) is 0 Å². The standard InChI is InChI=1S/C27H32O9/c1-16-24(35-26(29)18-10-6-4-7-11-18)20(28)14-23(33-16)34-21-15-22(31-3)32-17(2)25(21)36-27(30)19-12-8-5-9-13-19/h4-13,16-17,20-25,28H,14-15H2,1-3H3/t16-,17-,20-,21-,22+,23-,24-,25-/m1/s1. The highest BCUT2D eigenvalue weighted by Crippen LogP contribution is 2.31. The van der Waals surface area contributed by atoms with E-state index in [1.54, 1.807) is 68.4 Å². The molecule has 2 aliphatic rings. The van der Waals surface area contributed by atoms with Gasteiger partial charge in [-0.15, -0.1) is 0 Å². The number of aliphatic hydroxyl groups excluding tert-OH is 1. The largest absolute Gasteiger partial charge is 0.453 e. The first-order chi connectivity index (χ1) is 17.4. The summed E-state index contributed by atoms with van der Waals surface area (Å²) in [5, 5.41) is 10.8. The third kappa shape index (κ3) is 6.29. The lowest BCUT2D eigenvalue weighted by Gasteiger charge is -2.43.